The molecule has 2 N–H and O–H groups in total. The van der Waals surface area contributed by atoms with Crippen molar-refractivity contribution in [1.29, 1.82) is 0 Å². The molecule has 0 unspecified atom stereocenters. The smallest absolute Gasteiger partial charge is 0.338 e. The summed E-state index contributed by atoms with van der Waals surface area (Å²) in [5.41, 5.74) is 3.47. The van der Waals surface area contributed by atoms with E-state index < -0.39 is 0 Å². The van der Waals surface area contributed by atoms with E-state index in [2.05, 4.69) is 24.5 Å². The number of benzene rings is 2. The van der Waals surface area contributed by atoms with Gasteiger partial charge in [0.1, 0.15) is 5.75 Å². The number of thiocarbonyl (C=S) groups is 1. The van der Waals surface area contributed by atoms with Crippen molar-refractivity contribution in [3.05, 3.63) is 59.2 Å². The zero-order valence-corrected chi connectivity index (χ0v) is 19.5. The molecule has 0 saturated carbocycles. The van der Waals surface area contributed by atoms with Crippen LogP contribution in [0.5, 0.6) is 5.75 Å². The summed E-state index contributed by atoms with van der Waals surface area (Å²) in [7, 11) is 0. The van der Waals surface area contributed by atoms with E-state index >= 15 is 0 Å². The van der Waals surface area contributed by atoms with Gasteiger partial charge in [-0.25, -0.2) is 4.79 Å². The lowest BCUT2D eigenvalue weighted by Gasteiger charge is -2.13. The number of anilines is 1. The maximum absolute atomic E-state index is 12.1. The number of nitrogens with one attached hydrogen (secondary N) is 2. The molecule has 0 saturated heterocycles. The Labute approximate surface area is 189 Å². The van der Waals surface area contributed by atoms with Gasteiger partial charge in [-0.2, -0.15) is 0 Å². The summed E-state index contributed by atoms with van der Waals surface area (Å²) in [6, 6.07) is 12.5. The van der Waals surface area contributed by atoms with Crippen molar-refractivity contribution in [2.75, 3.05) is 18.5 Å². The minimum atomic E-state index is -0.370. The van der Waals surface area contributed by atoms with Crippen molar-refractivity contribution in [3.8, 4) is 5.75 Å². The number of carbonyl (C=O) groups excluding carboxylic acids is 2. The minimum absolute atomic E-state index is 0.148. The van der Waals surface area contributed by atoms with Gasteiger partial charge < -0.3 is 14.8 Å². The number of carbonyl (C=O) groups is 2. The molecule has 0 atom stereocenters. The normalized spacial score (nSPS) is 10.7. The Morgan fingerprint density at radius 3 is 2.29 bits per heavy atom. The Balaban J connectivity index is 1.81. The van der Waals surface area contributed by atoms with E-state index in [-0.39, 0.29) is 29.5 Å². The predicted octanol–water partition coefficient (Wildman–Crippen LogP) is 4.82. The standard InChI is InChI=1S/C24H30N2O4S/c1-15(2)13-30-23(28)18-6-8-19(9-7-18)25-24(31)26-22(27)14-29-20-10-11-21(16(3)4)17(5)12-20/h6-12,15-16H,13-14H2,1-5H3,(H2,25,26,27,31). The van der Waals surface area contributed by atoms with Gasteiger partial charge in [-0.15, -0.1) is 0 Å². The summed E-state index contributed by atoms with van der Waals surface area (Å²) >= 11 is 5.17. The molecule has 0 aromatic heterocycles. The van der Waals surface area contributed by atoms with E-state index in [0.717, 1.165) is 5.56 Å². The predicted molar refractivity (Wildman–Crippen MR) is 127 cm³/mol. The highest BCUT2D eigenvalue weighted by Gasteiger charge is 2.10. The summed E-state index contributed by atoms with van der Waals surface area (Å²) in [6.45, 7) is 10.5. The molecule has 0 aliphatic heterocycles. The van der Waals surface area contributed by atoms with Crippen molar-refractivity contribution in [3.63, 3.8) is 0 Å². The molecule has 7 heteroatoms. The third-order valence-corrected chi connectivity index (χ3v) is 4.62. The van der Waals surface area contributed by atoms with Gasteiger partial charge in [0.25, 0.3) is 5.91 Å². The van der Waals surface area contributed by atoms with Crippen LogP contribution in [-0.4, -0.2) is 30.2 Å². The van der Waals surface area contributed by atoms with E-state index in [1.165, 1.54) is 5.56 Å². The van der Waals surface area contributed by atoms with Crippen LogP contribution in [0.25, 0.3) is 0 Å². The highest BCUT2D eigenvalue weighted by molar-refractivity contribution is 7.80. The zero-order valence-electron chi connectivity index (χ0n) is 18.7. The van der Waals surface area contributed by atoms with Crippen molar-refractivity contribution in [2.24, 2.45) is 5.92 Å². The molecule has 2 rings (SSSR count). The maximum atomic E-state index is 12.1. The molecule has 0 aliphatic rings. The van der Waals surface area contributed by atoms with Gasteiger partial charge in [-0.05, 0) is 78.5 Å². The summed E-state index contributed by atoms with van der Waals surface area (Å²) in [4.78, 5) is 24.1. The van der Waals surface area contributed by atoms with Crippen LogP contribution in [-0.2, 0) is 9.53 Å². The molecule has 31 heavy (non-hydrogen) atoms. The Bertz CT molecular complexity index is 924. The Hall–Kier alpha value is -2.93. The number of hydrogen-bond donors (Lipinski definition) is 2. The van der Waals surface area contributed by atoms with E-state index in [1.807, 2.05) is 39.0 Å². The monoisotopic (exact) mass is 442 g/mol. The molecule has 0 radical (unpaired) electrons. The van der Waals surface area contributed by atoms with Gasteiger partial charge >= 0.3 is 5.97 Å². The summed E-state index contributed by atoms with van der Waals surface area (Å²) in [5.74, 6) is 0.608. The molecule has 0 fully saturated rings. The minimum Gasteiger partial charge on any atom is -0.484 e. The molecule has 0 bridgehead atoms. The first kappa shape index (κ1) is 24.3. The molecular weight excluding hydrogens is 412 g/mol. The Morgan fingerprint density at radius 2 is 1.71 bits per heavy atom. The summed E-state index contributed by atoms with van der Waals surface area (Å²) in [6.07, 6.45) is 0. The molecule has 2 aromatic rings. The molecule has 1 amide bonds. The number of rotatable bonds is 8. The van der Waals surface area contributed by atoms with Gasteiger partial charge in [-0.3, -0.25) is 10.1 Å². The average molecular weight is 443 g/mol. The number of esters is 1. The topological polar surface area (TPSA) is 76.7 Å². The molecule has 0 heterocycles. The first-order valence-electron chi connectivity index (χ1n) is 10.3. The number of ether oxygens (including phenoxy) is 2. The quantitative estimate of drug-likeness (QED) is 0.451. The van der Waals surface area contributed by atoms with Crippen LogP contribution >= 0.6 is 12.2 Å². The van der Waals surface area contributed by atoms with Gasteiger partial charge in [-0.1, -0.05) is 33.8 Å². The number of hydrogen-bond acceptors (Lipinski definition) is 5. The van der Waals surface area contributed by atoms with Crippen molar-refractivity contribution < 1.29 is 19.1 Å². The van der Waals surface area contributed by atoms with Crippen LogP contribution in [0.3, 0.4) is 0 Å². The summed E-state index contributed by atoms with van der Waals surface area (Å²) in [5, 5.41) is 5.63. The Kier molecular flexibility index (Phi) is 9.00. The third-order valence-electron chi connectivity index (χ3n) is 4.41. The Morgan fingerprint density at radius 1 is 1.03 bits per heavy atom. The van der Waals surface area contributed by atoms with E-state index in [4.69, 9.17) is 21.7 Å². The molecule has 166 valence electrons. The van der Waals surface area contributed by atoms with Crippen molar-refractivity contribution in [1.82, 2.24) is 5.32 Å². The van der Waals surface area contributed by atoms with Crippen molar-refractivity contribution >= 4 is 34.9 Å². The molecular formula is C24H30N2O4S. The van der Waals surface area contributed by atoms with E-state index in [1.54, 1.807) is 24.3 Å². The SMILES string of the molecule is Cc1cc(OCC(=O)NC(=S)Nc2ccc(C(=O)OCC(C)C)cc2)ccc1C(C)C. The lowest BCUT2D eigenvalue weighted by molar-refractivity contribution is -0.121. The average Bonchev–Trinajstić information content (AvgIpc) is 2.70. The highest BCUT2D eigenvalue weighted by Crippen LogP contribution is 2.23. The van der Waals surface area contributed by atoms with Gasteiger partial charge in [0.15, 0.2) is 11.7 Å². The number of amides is 1. The molecule has 2 aromatic carbocycles. The van der Waals surface area contributed by atoms with E-state index in [9.17, 15) is 9.59 Å². The second-order valence-corrected chi connectivity index (χ2v) is 8.44. The van der Waals surface area contributed by atoms with Crippen LogP contribution in [0.15, 0.2) is 42.5 Å². The van der Waals surface area contributed by atoms with Crippen LogP contribution in [0.4, 0.5) is 5.69 Å². The van der Waals surface area contributed by atoms with Gasteiger partial charge in [0.2, 0.25) is 0 Å². The fraction of sp³-hybridized carbons (Fsp3) is 0.375. The second kappa shape index (κ2) is 11.5. The second-order valence-electron chi connectivity index (χ2n) is 8.03. The fourth-order valence-electron chi connectivity index (χ4n) is 2.88. The highest BCUT2D eigenvalue weighted by atomic mass is 32.1. The molecule has 0 aliphatic carbocycles. The van der Waals surface area contributed by atoms with Gasteiger partial charge in [0.05, 0.1) is 12.2 Å². The largest absolute Gasteiger partial charge is 0.484 e. The third kappa shape index (κ3) is 8.02. The first-order valence-corrected chi connectivity index (χ1v) is 10.7. The van der Waals surface area contributed by atoms with Crippen LogP contribution < -0.4 is 15.4 Å². The van der Waals surface area contributed by atoms with Crippen LogP contribution in [0.1, 0.15) is 55.1 Å². The fourth-order valence-corrected chi connectivity index (χ4v) is 3.11. The van der Waals surface area contributed by atoms with E-state index in [0.29, 0.717) is 29.5 Å². The number of aryl methyl sites for hydroxylation is 1. The van der Waals surface area contributed by atoms with Crippen LogP contribution in [0, 0.1) is 12.8 Å². The zero-order chi connectivity index (χ0) is 23.0. The van der Waals surface area contributed by atoms with Crippen LogP contribution in [0.2, 0.25) is 0 Å². The lowest BCUT2D eigenvalue weighted by atomic mass is 9.98. The van der Waals surface area contributed by atoms with Crippen molar-refractivity contribution in [2.45, 2.75) is 40.5 Å². The maximum Gasteiger partial charge on any atom is 0.338 e. The molecule has 6 nitrogen and oxygen atoms in total. The van der Waals surface area contributed by atoms with Gasteiger partial charge in [0, 0.05) is 5.69 Å². The first-order chi connectivity index (χ1) is 14.7. The molecule has 0 spiro atoms. The summed E-state index contributed by atoms with van der Waals surface area (Å²) < 4.78 is 10.8. The lowest BCUT2D eigenvalue weighted by Crippen LogP contribution is -2.37.